The van der Waals surface area contributed by atoms with Gasteiger partial charge in [-0.1, -0.05) is 12.1 Å². The molecular weight excluding hydrogens is 370 g/mol. The van der Waals surface area contributed by atoms with Gasteiger partial charge in [0.25, 0.3) is 21.0 Å². The van der Waals surface area contributed by atoms with Gasteiger partial charge in [-0.3, -0.25) is 4.72 Å². The quantitative estimate of drug-likeness (QED) is 0.664. The van der Waals surface area contributed by atoms with Crippen LogP contribution in [0.5, 0.6) is 0 Å². The first-order valence-corrected chi connectivity index (χ1v) is 9.69. The van der Waals surface area contributed by atoms with Crippen LogP contribution in [0.25, 0.3) is 5.78 Å². The molecule has 0 atom stereocenters. The normalized spacial score (nSPS) is 11.7. The van der Waals surface area contributed by atoms with E-state index in [2.05, 4.69) is 19.8 Å². The zero-order valence-electron chi connectivity index (χ0n) is 15.3. The molecule has 0 spiro atoms. The predicted octanol–water partition coefficient (Wildman–Crippen LogP) is 2.11. The summed E-state index contributed by atoms with van der Waals surface area (Å²) in [4.78, 5) is 20.4. The summed E-state index contributed by atoms with van der Waals surface area (Å²) in [5.74, 6) is -0.452. The molecule has 0 unspecified atom stereocenters. The lowest BCUT2D eigenvalue weighted by Gasteiger charge is -2.17. The van der Waals surface area contributed by atoms with Crippen LogP contribution in [0.4, 0.5) is 5.69 Å². The Balaban J connectivity index is 2.06. The molecule has 10 heteroatoms. The maximum Gasteiger partial charge on any atom is 0.340 e. The first-order chi connectivity index (χ1) is 12.7. The molecule has 3 rings (SSSR count). The van der Waals surface area contributed by atoms with Crippen molar-refractivity contribution >= 4 is 27.5 Å². The number of sulfonamides is 1. The summed E-state index contributed by atoms with van der Waals surface area (Å²) in [5.41, 5.74) is 1.47. The number of aryl methyl sites for hydroxylation is 2. The molecule has 27 heavy (non-hydrogen) atoms. The molecule has 0 radical (unpaired) electrons. The second-order valence-electron chi connectivity index (χ2n) is 6.27. The number of benzene rings is 1. The first-order valence-electron chi connectivity index (χ1n) is 8.20. The Labute approximate surface area is 156 Å². The minimum atomic E-state index is -4.14. The smallest absolute Gasteiger partial charge is 0.340 e. The van der Waals surface area contributed by atoms with E-state index in [1.54, 1.807) is 45.9 Å². The lowest BCUT2D eigenvalue weighted by atomic mass is 10.0. The van der Waals surface area contributed by atoms with Gasteiger partial charge in [0.1, 0.15) is 0 Å². The van der Waals surface area contributed by atoms with E-state index in [9.17, 15) is 13.2 Å². The molecule has 0 saturated carbocycles. The summed E-state index contributed by atoms with van der Waals surface area (Å²) >= 11 is 0. The SMILES string of the molecule is Cc1ccc(C)c(C(=O)OC(C)C)c1NS(=O)(=O)c1nc2ncccn2n1. The van der Waals surface area contributed by atoms with Crippen molar-refractivity contribution in [3.63, 3.8) is 0 Å². The van der Waals surface area contributed by atoms with Crippen LogP contribution in [0.15, 0.2) is 35.7 Å². The maximum absolute atomic E-state index is 12.8. The van der Waals surface area contributed by atoms with E-state index in [0.29, 0.717) is 11.1 Å². The lowest BCUT2D eigenvalue weighted by molar-refractivity contribution is 0.0378. The molecule has 2 heterocycles. The summed E-state index contributed by atoms with van der Waals surface area (Å²) in [6, 6.07) is 5.06. The molecule has 9 nitrogen and oxygen atoms in total. The van der Waals surface area contributed by atoms with E-state index in [1.165, 1.54) is 16.9 Å². The van der Waals surface area contributed by atoms with E-state index < -0.39 is 21.1 Å². The minimum absolute atomic E-state index is 0.146. The van der Waals surface area contributed by atoms with Crippen molar-refractivity contribution < 1.29 is 17.9 Å². The molecule has 0 bridgehead atoms. The van der Waals surface area contributed by atoms with Gasteiger partial charge in [0.2, 0.25) is 0 Å². The molecule has 0 aliphatic carbocycles. The highest BCUT2D eigenvalue weighted by Gasteiger charge is 2.26. The Morgan fingerprint density at radius 2 is 1.93 bits per heavy atom. The van der Waals surface area contributed by atoms with Crippen LogP contribution < -0.4 is 4.72 Å². The molecule has 142 valence electrons. The number of hydrogen-bond acceptors (Lipinski definition) is 7. The monoisotopic (exact) mass is 389 g/mol. The highest BCUT2D eigenvalue weighted by atomic mass is 32.2. The van der Waals surface area contributed by atoms with E-state index in [1.807, 2.05) is 0 Å². The molecule has 0 aliphatic heterocycles. The fourth-order valence-corrected chi connectivity index (χ4v) is 3.51. The first kappa shape index (κ1) is 18.8. The van der Waals surface area contributed by atoms with Gasteiger partial charge in [-0.2, -0.15) is 13.4 Å². The number of nitrogens with one attached hydrogen (secondary N) is 1. The number of fused-ring (bicyclic) bond motifs is 1. The number of aromatic nitrogens is 4. The Morgan fingerprint density at radius 3 is 2.59 bits per heavy atom. The number of rotatable bonds is 5. The molecule has 0 aliphatic rings. The number of carbonyl (C=O) groups is 1. The fourth-order valence-electron chi connectivity index (χ4n) is 2.49. The third-order valence-corrected chi connectivity index (χ3v) is 4.87. The molecular formula is C17H19N5O4S. The fraction of sp³-hybridized carbons (Fsp3) is 0.294. The number of ether oxygens (including phenoxy) is 1. The van der Waals surface area contributed by atoms with E-state index in [4.69, 9.17) is 4.74 Å². The molecule has 1 N–H and O–H groups in total. The number of hydrogen-bond donors (Lipinski definition) is 1. The average Bonchev–Trinajstić information content (AvgIpc) is 3.02. The standard InChI is InChI=1S/C17H19N5O4S/c1-10(2)26-15(23)13-11(3)6-7-12(4)14(13)21-27(24,25)17-19-16-18-8-5-9-22(16)20-17/h5-10,21H,1-4H3. The van der Waals surface area contributed by atoms with Gasteiger partial charge < -0.3 is 4.74 Å². The summed E-state index contributed by atoms with van der Waals surface area (Å²) in [6.07, 6.45) is 2.68. The van der Waals surface area contributed by atoms with Gasteiger partial charge in [-0.25, -0.2) is 14.3 Å². The van der Waals surface area contributed by atoms with Gasteiger partial charge in [0.05, 0.1) is 17.4 Å². The van der Waals surface area contributed by atoms with E-state index >= 15 is 0 Å². The van der Waals surface area contributed by atoms with Gasteiger partial charge in [0, 0.05) is 12.4 Å². The Morgan fingerprint density at radius 1 is 1.22 bits per heavy atom. The van der Waals surface area contributed by atoms with Crippen molar-refractivity contribution in [3.8, 4) is 0 Å². The lowest BCUT2D eigenvalue weighted by Crippen LogP contribution is -2.20. The highest BCUT2D eigenvalue weighted by molar-refractivity contribution is 7.92. The maximum atomic E-state index is 12.8. The van der Waals surface area contributed by atoms with Crippen molar-refractivity contribution in [1.82, 2.24) is 19.6 Å². The van der Waals surface area contributed by atoms with Crippen molar-refractivity contribution in [1.29, 1.82) is 0 Å². The second kappa shape index (κ2) is 6.95. The average molecular weight is 389 g/mol. The largest absolute Gasteiger partial charge is 0.459 e. The molecule has 0 amide bonds. The van der Waals surface area contributed by atoms with Gasteiger partial charge >= 0.3 is 5.97 Å². The summed E-state index contributed by atoms with van der Waals surface area (Å²) in [5, 5.41) is 3.49. The van der Waals surface area contributed by atoms with Gasteiger partial charge in [-0.15, -0.1) is 5.10 Å². The third-order valence-electron chi connectivity index (χ3n) is 3.74. The van der Waals surface area contributed by atoms with Crippen LogP contribution in [0.2, 0.25) is 0 Å². The second-order valence-corrected chi connectivity index (χ2v) is 7.84. The number of nitrogens with zero attached hydrogens (tertiary/aromatic N) is 4. The topological polar surface area (TPSA) is 116 Å². The van der Waals surface area contributed by atoms with Crippen LogP contribution >= 0.6 is 0 Å². The van der Waals surface area contributed by atoms with Crippen molar-refractivity contribution in [2.45, 2.75) is 39.0 Å². The number of esters is 1. The van der Waals surface area contributed by atoms with Gasteiger partial charge in [0.15, 0.2) is 0 Å². The Kier molecular flexibility index (Phi) is 4.83. The third kappa shape index (κ3) is 3.75. The molecule has 2 aromatic heterocycles. The van der Waals surface area contributed by atoms with Crippen molar-refractivity contribution in [2.75, 3.05) is 4.72 Å². The minimum Gasteiger partial charge on any atom is -0.459 e. The van der Waals surface area contributed by atoms with Crippen molar-refractivity contribution in [2.24, 2.45) is 0 Å². The highest BCUT2D eigenvalue weighted by Crippen LogP contribution is 2.27. The Hall–Kier alpha value is -3.01. The van der Waals surface area contributed by atoms with Crippen LogP contribution in [-0.2, 0) is 14.8 Å². The number of anilines is 1. The van der Waals surface area contributed by atoms with Crippen LogP contribution in [0.3, 0.4) is 0 Å². The molecule has 1 aromatic carbocycles. The summed E-state index contributed by atoms with van der Waals surface area (Å²) < 4.78 is 34.6. The molecule has 3 aromatic rings. The zero-order chi connectivity index (χ0) is 19.8. The zero-order valence-corrected chi connectivity index (χ0v) is 16.1. The molecule has 0 fully saturated rings. The summed E-state index contributed by atoms with van der Waals surface area (Å²) in [7, 11) is -4.14. The van der Waals surface area contributed by atoms with Crippen molar-refractivity contribution in [3.05, 3.63) is 47.3 Å². The Bertz CT molecular complexity index is 1090. The summed E-state index contributed by atoms with van der Waals surface area (Å²) in [6.45, 7) is 6.85. The van der Waals surface area contributed by atoms with Crippen LogP contribution in [0.1, 0.15) is 35.3 Å². The van der Waals surface area contributed by atoms with Crippen LogP contribution in [-0.4, -0.2) is 40.1 Å². The van der Waals surface area contributed by atoms with E-state index in [0.717, 1.165) is 0 Å². The number of carbonyl (C=O) groups excluding carboxylic acids is 1. The van der Waals surface area contributed by atoms with Crippen LogP contribution in [0, 0.1) is 13.8 Å². The van der Waals surface area contributed by atoms with E-state index in [-0.39, 0.29) is 23.1 Å². The van der Waals surface area contributed by atoms with Gasteiger partial charge in [-0.05, 0) is 44.9 Å². The molecule has 0 saturated heterocycles. The predicted molar refractivity (Wildman–Crippen MR) is 98.1 cm³/mol.